The SMILES string of the molecule is CC.CCC.CCCCCc1ccc(C2CCC(OC/C(C)=C(F)/C(F)=C(\C)OC)CO2)cc1. The zero-order chi connectivity index (χ0) is 25.9. The summed E-state index contributed by atoms with van der Waals surface area (Å²) in [6.45, 7) is 13.9. The van der Waals surface area contributed by atoms with E-state index < -0.39 is 11.7 Å². The topological polar surface area (TPSA) is 27.7 Å². The third kappa shape index (κ3) is 12.1. The second-order valence-electron chi connectivity index (χ2n) is 8.41. The Morgan fingerprint density at radius 1 is 0.971 bits per heavy atom. The van der Waals surface area contributed by atoms with Crippen LogP contribution in [0.15, 0.2) is 47.3 Å². The largest absolute Gasteiger partial charge is 0.498 e. The van der Waals surface area contributed by atoms with Gasteiger partial charge < -0.3 is 14.2 Å². The number of hydrogen-bond donors (Lipinski definition) is 0. The van der Waals surface area contributed by atoms with Crippen molar-refractivity contribution in [3.8, 4) is 0 Å². The number of halogens is 2. The van der Waals surface area contributed by atoms with Crippen LogP contribution in [0, 0.1) is 0 Å². The van der Waals surface area contributed by atoms with Crippen LogP contribution in [0.3, 0.4) is 0 Å². The molecule has 0 spiro atoms. The van der Waals surface area contributed by atoms with Crippen LogP contribution in [0.5, 0.6) is 0 Å². The van der Waals surface area contributed by atoms with E-state index in [0.29, 0.717) is 6.61 Å². The normalized spacial score (nSPS) is 19.0. The summed E-state index contributed by atoms with van der Waals surface area (Å²) in [7, 11) is 1.31. The van der Waals surface area contributed by atoms with Gasteiger partial charge in [0.1, 0.15) is 5.76 Å². The van der Waals surface area contributed by atoms with Crippen molar-refractivity contribution in [3.05, 3.63) is 58.4 Å². The summed E-state index contributed by atoms with van der Waals surface area (Å²) in [5, 5.41) is 0. The highest BCUT2D eigenvalue weighted by Crippen LogP contribution is 2.30. The average Bonchev–Trinajstić information content (AvgIpc) is 2.88. The Hall–Kier alpha value is -1.72. The Kier molecular flexibility index (Phi) is 18.6. The molecule has 2 unspecified atom stereocenters. The first kappa shape index (κ1) is 32.3. The Morgan fingerprint density at radius 2 is 1.59 bits per heavy atom. The maximum absolute atomic E-state index is 14.1. The lowest BCUT2D eigenvalue weighted by atomic mass is 9.98. The summed E-state index contributed by atoms with van der Waals surface area (Å²) in [6, 6.07) is 8.70. The standard InChI is InChI=1S/C24H34F2O3.C3H8.C2H6/c1-5-6-7-8-19-9-11-20(12-10-19)22-14-13-21(16-29-22)28-15-17(2)23(25)24(26)18(3)27-4;1-3-2;1-2/h9-12,21-22H,5-8,13-16H2,1-4H3;3H2,1-2H3;1-2H3/b23-17-,24-18-;;. The molecule has 3 nitrogen and oxygen atoms in total. The molecule has 5 heteroatoms. The molecular weight excluding hydrogens is 434 g/mol. The summed E-state index contributed by atoms with van der Waals surface area (Å²) >= 11 is 0. The molecule has 1 aromatic carbocycles. The molecule has 0 amide bonds. The number of benzene rings is 1. The second-order valence-corrected chi connectivity index (χ2v) is 8.41. The van der Waals surface area contributed by atoms with Crippen LogP contribution in [-0.4, -0.2) is 26.4 Å². The number of rotatable bonds is 10. The van der Waals surface area contributed by atoms with Crippen molar-refractivity contribution >= 4 is 0 Å². The molecule has 1 saturated heterocycles. The first-order chi connectivity index (χ1) is 16.4. The van der Waals surface area contributed by atoms with Crippen LogP contribution in [0.4, 0.5) is 8.78 Å². The van der Waals surface area contributed by atoms with Gasteiger partial charge in [-0.2, -0.15) is 0 Å². The van der Waals surface area contributed by atoms with E-state index in [4.69, 9.17) is 14.2 Å². The van der Waals surface area contributed by atoms with E-state index in [1.54, 1.807) is 0 Å². The van der Waals surface area contributed by atoms with Crippen molar-refractivity contribution in [3.63, 3.8) is 0 Å². The molecule has 0 N–H and O–H groups in total. The van der Waals surface area contributed by atoms with E-state index in [2.05, 4.69) is 45.0 Å². The van der Waals surface area contributed by atoms with Gasteiger partial charge >= 0.3 is 0 Å². The quantitative estimate of drug-likeness (QED) is 0.189. The smallest absolute Gasteiger partial charge is 0.196 e. The fourth-order valence-electron chi connectivity index (χ4n) is 3.34. The molecule has 196 valence electrons. The molecule has 2 atom stereocenters. The first-order valence-electron chi connectivity index (χ1n) is 13.0. The Bertz CT molecular complexity index is 703. The lowest BCUT2D eigenvalue weighted by Gasteiger charge is -2.29. The van der Waals surface area contributed by atoms with Gasteiger partial charge in [0.15, 0.2) is 11.7 Å². The number of methoxy groups -OCH3 is 1. The van der Waals surface area contributed by atoms with Gasteiger partial charge in [0.25, 0.3) is 0 Å². The number of ether oxygens (including phenoxy) is 3. The minimum absolute atomic E-state index is 0.0292. The highest BCUT2D eigenvalue weighted by molar-refractivity contribution is 5.26. The van der Waals surface area contributed by atoms with Crippen LogP contribution in [0.1, 0.15) is 104 Å². The van der Waals surface area contributed by atoms with Crippen molar-refractivity contribution < 1.29 is 23.0 Å². The predicted molar refractivity (Wildman–Crippen MR) is 139 cm³/mol. The van der Waals surface area contributed by atoms with E-state index in [-0.39, 0.29) is 30.1 Å². The summed E-state index contributed by atoms with van der Waals surface area (Å²) in [4.78, 5) is 0. The molecule has 34 heavy (non-hydrogen) atoms. The molecule has 1 heterocycles. The summed E-state index contributed by atoms with van der Waals surface area (Å²) < 4.78 is 44.3. The van der Waals surface area contributed by atoms with Gasteiger partial charge in [0.2, 0.25) is 0 Å². The van der Waals surface area contributed by atoms with Gasteiger partial charge in [-0.15, -0.1) is 0 Å². The summed E-state index contributed by atoms with van der Waals surface area (Å²) in [6.07, 6.45) is 7.73. The first-order valence-corrected chi connectivity index (χ1v) is 13.0. The third-order valence-electron chi connectivity index (χ3n) is 5.37. The zero-order valence-corrected chi connectivity index (χ0v) is 22.8. The molecule has 0 saturated carbocycles. The van der Waals surface area contributed by atoms with Crippen molar-refractivity contribution in [2.24, 2.45) is 0 Å². The molecule has 0 aliphatic carbocycles. The number of hydrogen-bond acceptors (Lipinski definition) is 3. The molecule has 0 radical (unpaired) electrons. The van der Waals surface area contributed by atoms with Crippen LogP contribution >= 0.6 is 0 Å². The lowest BCUT2D eigenvalue weighted by molar-refractivity contribution is -0.0821. The van der Waals surface area contributed by atoms with Gasteiger partial charge in [-0.25, -0.2) is 8.78 Å². The minimum atomic E-state index is -0.980. The van der Waals surface area contributed by atoms with E-state index in [1.807, 2.05) is 13.8 Å². The fourth-order valence-corrected chi connectivity index (χ4v) is 3.34. The Morgan fingerprint density at radius 3 is 2.09 bits per heavy atom. The molecule has 0 aromatic heterocycles. The second kappa shape index (κ2) is 19.6. The molecule has 1 fully saturated rings. The van der Waals surface area contributed by atoms with E-state index in [0.717, 1.165) is 19.3 Å². The van der Waals surface area contributed by atoms with Crippen LogP contribution < -0.4 is 0 Å². The van der Waals surface area contributed by atoms with E-state index >= 15 is 0 Å². The van der Waals surface area contributed by atoms with E-state index in [1.165, 1.54) is 57.8 Å². The lowest BCUT2D eigenvalue weighted by Crippen LogP contribution is -2.28. The van der Waals surface area contributed by atoms with Crippen molar-refractivity contribution in [2.45, 2.75) is 106 Å². The van der Waals surface area contributed by atoms with Gasteiger partial charge in [0, 0.05) is 0 Å². The molecule has 1 aromatic rings. The molecule has 1 aliphatic heterocycles. The van der Waals surface area contributed by atoms with Crippen molar-refractivity contribution in [1.29, 1.82) is 0 Å². The summed E-state index contributed by atoms with van der Waals surface area (Å²) in [5.74, 6) is -1.98. The Balaban J connectivity index is 0.00000201. The molecule has 1 aliphatic rings. The van der Waals surface area contributed by atoms with Crippen molar-refractivity contribution in [1.82, 2.24) is 0 Å². The average molecular weight is 483 g/mol. The number of aryl methyl sites for hydroxylation is 1. The number of allylic oxidation sites excluding steroid dienone is 3. The van der Waals surface area contributed by atoms with Crippen molar-refractivity contribution in [2.75, 3.05) is 20.3 Å². The highest BCUT2D eigenvalue weighted by Gasteiger charge is 2.24. The van der Waals surface area contributed by atoms with Crippen LogP contribution in [-0.2, 0) is 20.6 Å². The predicted octanol–water partition coefficient (Wildman–Crippen LogP) is 9.19. The Labute approximate surface area is 207 Å². The maximum Gasteiger partial charge on any atom is 0.196 e. The molecule has 0 bridgehead atoms. The van der Waals surface area contributed by atoms with E-state index in [9.17, 15) is 8.78 Å². The van der Waals surface area contributed by atoms with Gasteiger partial charge in [-0.3, -0.25) is 0 Å². The zero-order valence-electron chi connectivity index (χ0n) is 22.8. The summed E-state index contributed by atoms with van der Waals surface area (Å²) in [5.41, 5.74) is 2.76. The van der Waals surface area contributed by atoms with Gasteiger partial charge in [-0.1, -0.05) is 78.1 Å². The van der Waals surface area contributed by atoms with Crippen LogP contribution in [0.2, 0.25) is 0 Å². The third-order valence-corrected chi connectivity index (χ3v) is 5.37. The molecule has 2 rings (SSSR count). The fraction of sp³-hybridized carbons (Fsp3) is 0.655. The maximum atomic E-state index is 14.1. The molecular formula is C29H48F2O3. The number of unbranched alkanes of at least 4 members (excludes halogenated alkanes) is 2. The minimum Gasteiger partial charge on any atom is -0.498 e. The highest BCUT2D eigenvalue weighted by atomic mass is 19.2. The van der Waals surface area contributed by atoms with Gasteiger partial charge in [-0.05, 0) is 56.2 Å². The monoisotopic (exact) mass is 482 g/mol. The van der Waals surface area contributed by atoms with Gasteiger partial charge in [0.05, 0.1) is 32.5 Å². The van der Waals surface area contributed by atoms with Crippen LogP contribution in [0.25, 0.3) is 0 Å².